The molecule has 0 aliphatic heterocycles. The number of aliphatic hydroxyl groups is 1. The monoisotopic (exact) mass is 599 g/mol. The van der Waals surface area contributed by atoms with E-state index < -0.39 is 16.1 Å². The van der Waals surface area contributed by atoms with Gasteiger partial charge in [0, 0.05) is 30.8 Å². The van der Waals surface area contributed by atoms with E-state index in [9.17, 15) is 28.2 Å². The Morgan fingerprint density at radius 3 is 2.12 bits per heavy atom. The van der Waals surface area contributed by atoms with Gasteiger partial charge in [0.1, 0.15) is 24.2 Å². The van der Waals surface area contributed by atoms with E-state index in [-0.39, 0.29) is 42.0 Å². The average molecular weight is 600 g/mol. The van der Waals surface area contributed by atoms with Crippen molar-refractivity contribution in [2.24, 2.45) is 5.14 Å². The van der Waals surface area contributed by atoms with Crippen LogP contribution in [0.3, 0.4) is 0 Å². The Labute approximate surface area is 245 Å². The number of nitrogens with two attached hydrogens (primary N) is 1. The highest BCUT2D eigenvalue weighted by atomic mass is 32.2. The van der Waals surface area contributed by atoms with Gasteiger partial charge in [-0.1, -0.05) is 12.1 Å². The number of aromatic hydroxyl groups is 1. The highest BCUT2D eigenvalue weighted by Crippen LogP contribution is 2.28. The molecule has 12 heteroatoms. The third-order valence-electron chi connectivity index (χ3n) is 6.37. The van der Waals surface area contributed by atoms with Gasteiger partial charge in [-0.25, -0.2) is 13.6 Å². The van der Waals surface area contributed by atoms with Gasteiger partial charge in [0.2, 0.25) is 15.9 Å². The molecular formula is C30H37N3O8S. The average Bonchev–Trinajstić information content (AvgIpc) is 2.98. The van der Waals surface area contributed by atoms with E-state index in [2.05, 4.69) is 10.1 Å². The maximum Gasteiger partial charge on any atom is 0.305 e. The van der Waals surface area contributed by atoms with Gasteiger partial charge in [0.15, 0.2) is 0 Å². The van der Waals surface area contributed by atoms with Crippen LogP contribution in [0.1, 0.15) is 31.2 Å². The predicted octanol–water partition coefficient (Wildman–Crippen LogP) is 3.01. The number of nitrogens with zero attached hydrogens (tertiary/aromatic N) is 1. The van der Waals surface area contributed by atoms with Crippen LogP contribution in [0.25, 0.3) is 0 Å². The number of hydrogen-bond donors (Lipinski definition) is 4. The number of rotatable bonds is 16. The minimum absolute atomic E-state index is 0.0587. The third kappa shape index (κ3) is 10.5. The first kappa shape index (κ1) is 32.5. The number of ether oxygens (including phenoxy) is 2. The van der Waals surface area contributed by atoms with E-state index >= 15 is 0 Å². The number of phenolic OH excluding ortho intramolecular Hbond substituents is 1. The van der Waals surface area contributed by atoms with Crippen molar-refractivity contribution in [2.45, 2.75) is 43.1 Å². The molecule has 3 aromatic rings. The number of amides is 1. The second-order valence-electron chi connectivity index (χ2n) is 9.63. The van der Waals surface area contributed by atoms with Crippen molar-refractivity contribution in [2.75, 3.05) is 31.7 Å². The van der Waals surface area contributed by atoms with Gasteiger partial charge in [0.25, 0.3) is 0 Å². The van der Waals surface area contributed by atoms with Gasteiger partial charge in [-0.15, -0.1) is 0 Å². The van der Waals surface area contributed by atoms with Gasteiger partial charge >= 0.3 is 5.97 Å². The van der Waals surface area contributed by atoms with E-state index in [0.717, 1.165) is 5.56 Å². The Morgan fingerprint density at radius 2 is 1.52 bits per heavy atom. The summed E-state index contributed by atoms with van der Waals surface area (Å²) < 4.78 is 33.5. The van der Waals surface area contributed by atoms with Crippen molar-refractivity contribution in [3.8, 4) is 11.5 Å². The summed E-state index contributed by atoms with van der Waals surface area (Å²) in [6.07, 6.45) is 1.34. The summed E-state index contributed by atoms with van der Waals surface area (Å²) >= 11 is 0. The SMILES string of the molecule is COC(=O)CCCCC(=O)N(c1ccc(CCNCC(O)COc2ccc(O)cc2)cc1)c1ccc(S(N)(=O)=O)cc1. The second-order valence-corrected chi connectivity index (χ2v) is 11.2. The lowest BCUT2D eigenvalue weighted by atomic mass is 10.1. The third-order valence-corrected chi connectivity index (χ3v) is 7.30. The number of aliphatic hydroxyl groups excluding tert-OH is 1. The number of anilines is 2. The molecule has 0 aliphatic rings. The number of hydrogen-bond acceptors (Lipinski definition) is 9. The quantitative estimate of drug-likeness (QED) is 0.143. The van der Waals surface area contributed by atoms with Gasteiger partial charge in [-0.05, 0) is 92.0 Å². The van der Waals surface area contributed by atoms with E-state index in [1.165, 1.54) is 48.4 Å². The number of carbonyl (C=O) groups is 2. The molecule has 0 spiro atoms. The Bertz CT molecular complexity index is 1400. The number of methoxy groups -OCH3 is 1. The lowest BCUT2D eigenvalue weighted by Crippen LogP contribution is -2.32. The number of unbranched alkanes of at least 4 members (excludes halogenated alkanes) is 1. The number of nitrogens with one attached hydrogen (secondary N) is 1. The molecule has 226 valence electrons. The summed E-state index contributed by atoms with van der Waals surface area (Å²) in [5.74, 6) is 0.158. The molecule has 0 aliphatic carbocycles. The second kappa shape index (κ2) is 15.9. The van der Waals surface area contributed by atoms with Crippen LogP contribution in [0.2, 0.25) is 0 Å². The zero-order chi connectivity index (χ0) is 30.5. The molecule has 1 atom stereocenters. The maximum atomic E-state index is 13.3. The molecule has 3 rings (SSSR count). The lowest BCUT2D eigenvalue weighted by molar-refractivity contribution is -0.140. The maximum absolute atomic E-state index is 13.3. The van der Waals surface area contributed by atoms with Crippen molar-refractivity contribution >= 4 is 33.3 Å². The first-order valence-electron chi connectivity index (χ1n) is 13.5. The Hall–Kier alpha value is -3.97. The van der Waals surface area contributed by atoms with Crippen molar-refractivity contribution in [1.82, 2.24) is 5.32 Å². The van der Waals surface area contributed by atoms with E-state index in [4.69, 9.17) is 9.88 Å². The van der Waals surface area contributed by atoms with Crippen molar-refractivity contribution in [1.29, 1.82) is 0 Å². The molecule has 11 nitrogen and oxygen atoms in total. The summed E-state index contributed by atoms with van der Waals surface area (Å²) in [5, 5.41) is 27.9. The fourth-order valence-corrected chi connectivity index (χ4v) is 4.60. The highest BCUT2D eigenvalue weighted by molar-refractivity contribution is 7.89. The molecule has 3 aromatic carbocycles. The Morgan fingerprint density at radius 1 is 0.929 bits per heavy atom. The molecule has 1 amide bonds. The Balaban J connectivity index is 1.57. The molecule has 0 bridgehead atoms. The van der Waals surface area contributed by atoms with Crippen LogP contribution in [0.5, 0.6) is 11.5 Å². The fraction of sp³-hybridized carbons (Fsp3) is 0.333. The first-order chi connectivity index (χ1) is 20.1. The van der Waals surface area contributed by atoms with Crippen LogP contribution in [-0.4, -0.2) is 63.4 Å². The summed E-state index contributed by atoms with van der Waals surface area (Å²) in [4.78, 5) is 26.1. The largest absolute Gasteiger partial charge is 0.508 e. The standard InChI is InChI=1S/C30H37N3O8S/c1-40-30(37)5-3-2-4-29(36)33(24-10-16-28(17-11-24)42(31,38)39)23-8-6-22(7-9-23)18-19-32-20-26(35)21-41-27-14-12-25(34)13-15-27/h6-17,26,32,34-35H,2-5,18-21H2,1H3,(H2,31,38,39). The number of carbonyl (C=O) groups excluding carboxylic acids is 2. The predicted molar refractivity (Wildman–Crippen MR) is 158 cm³/mol. The van der Waals surface area contributed by atoms with Crippen molar-refractivity contribution in [3.05, 3.63) is 78.4 Å². The van der Waals surface area contributed by atoms with Gasteiger partial charge in [0.05, 0.1) is 12.0 Å². The molecule has 0 fully saturated rings. The number of esters is 1. The Kier molecular flexibility index (Phi) is 12.3. The number of sulfonamides is 1. The van der Waals surface area contributed by atoms with Crippen LogP contribution in [0.4, 0.5) is 11.4 Å². The molecule has 42 heavy (non-hydrogen) atoms. The minimum Gasteiger partial charge on any atom is -0.508 e. The normalized spacial score (nSPS) is 12.0. The highest BCUT2D eigenvalue weighted by Gasteiger charge is 2.19. The molecule has 0 aromatic heterocycles. The molecule has 0 saturated carbocycles. The van der Waals surface area contributed by atoms with Gasteiger partial charge in [-0.3, -0.25) is 14.5 Å². The summed E-state index contributed by atoms with van der Waals surface area (Å²) in [6.45, 7) is 1.05. The zero-order valence-corrected chi connectivity index (χ0v) is 24.3. The van der Waals surface area contributed by atoms with Gasteiger partial charge in [-0.2, -0.15) is 0 Å². The van der Waals surface area contributed by atoms with E-state index in [1.54, 1.807) is 12.1 Å². The fourth-order valence-electron chi connectivity index (χ4n) is 4.09. The van der Waals surface area contributed by atoms with Gasteiger partial charge < -0.3 is 25.0 Å². The lowest BCUT2D eigenvalue weighted by Gasteiger charge is -2.24. The van der Waals surface area contributed by atoms with Crippen molar-refractivity contribution < 1.29 is 37.7 Å². The smallest absolute Gasteiger partial charge is 0.305 e. The van der Waals surface area contributed by atoms with E-state index in [0.29, 0.717) is 49.5 Å². The van der Waals surface area contributed by atoms with E-state index in [1.807, 2.05) is 24.3 Å². The summed E-state index contributed by atoms with van der Waals surface area (Å²) in [7, 11) is -2.56. The minimum atomic E-state index is -3.88. The molecule has 5 N–H and O–H groups in total. The van der Waals surface area contributed by atoms with Crippen LogP contribution in [-0.2, 0) is 30.8 Å². The first-order valence-corrected chi connectivity index (χ1v) is 15.0. The molecule has 0 heterocycles. The topological polar surface area (TPSA) is 168 Å². The zero-order valence-electron chi connectivity index (χ0n) is 23.4. The molecule has 0 radical (unpaired) electrons. The molecule has 0 saturated heterocycles. The summed E-state index contributed by atoms with van der Waals surface area (Å²) in [6, 6.07) is 19.5. The van der Waals surface area contributed by atoms with Crippen molar-refractivity contribution in [3.63, 3.8) is 0 Å². The molecular weight excluding hydrogens is 562 g/mol. The van der Waals surface area contributed by atoms with Crippen LogP contribution >= 0.6 is 0 Å². The number of benzene rings is 3. The number of phenols is 1. The summed E-state index contributed by atoms with van der Waals surface area (Å²) in [5.41, 5.74) is 2.10. The number of primary sulfonamides is 1. The van der Waals surface area contributed by atoms with Crippen LogP contribution in [0, 0.1) is 0 Å². The van der Waals surface area contributed by atoms with Crippen LogP contribution < -0.4 is 20.1 Å². The molecule has 1 unspecified atom stereocenters. The van der Waals surface area contributed by atoms with Crippen LogP contribution in [0.15, 0.2) is 77.7 Å².